The molecule has 1 spiro atoms. The third-order valence-electron chi connectivity index (χ3n) is 10.5. The summed E-state index contributed by atoms with van der Waals surface area (Å²) < 4.78 is 80.2. The molecule has 6 nitrogen and oxygen atoms in total. The fourth-order valence-corrected chi connectivity index (χ4v) is 8.34. The molecule has 0 aromatic heterocycles. The normalized spacial score (nSPS) is 22.0. The van der Waals surface area contributed by atoms with Gasteiger partial charge in [0.25, 0.3) is 0 Å². The number of alkyl halides is 3. The van der Waals surface area contributed by atoms with Gasteiger partial charge in [0, 0.05) is 36.9 Å². The van der Waals surface area contributed by atoms with Crippen LogP contribution in [0.3, 0.4) is 0 Å². The Balaban J connectivity index is 1.24. The average Bonchev–Trinajstić information content (AvgIpc) is 3.02. The molecule has 3 aromatic rings. The molecule has 0 aliphatic carbocycles. The van der Waals surface area contributed by atoms with Gasteiger partial charge in [-0.15, -0.1) is 0 Å². The highest BCUT2D eigenvalue weighted by molar-refractivity contribution is 5.69. The van der Waals surface area contributed by atoms with Crippen LogP contribution in [0.15, 0.2) is 60.7 Å². The van der Waals surface area contributed by atoms with Crippen LogP contribution >= 0.6 is 0 Å². The van der Waals surface area contributed by atoms with Gasteiger partial charge >= 0.3 is 12.1 Å². The van der Waals surface area contributed by atoms with Gasteiger partial charge in [-0.2, -0.15) is 13.2 Å². The van der Waals surface area contributed by atoms with Crippen molar-refractivity contribution in [3.63, 3.8) is 0 Å². The molecule has 3 heterocycles. The third kappa shape index (κ3) is 8.37. The van der Waals surface area contributed by atoms with Gasteiger partial charge in [0.2, 0.25) is 0 Å². The van der Waals surface area contributed by atoms with E-state index in [2.05, 4.69) is 0 Å². The lowest BCUT2D eigenvalue weighted by Gasteiger charge is -2.45. The Hall–Kier alpha value is -3.70. The number of aliphatic carboxylic acids is 1. The van der Waals surface area contributed by atoms with Gasteiger partial charge in [-0.05, 0) is 105 Å². The van der Waals surface area contributed by atoms with Gasteiger partial charge in [-0.1, -0.05) is 36.4 Å². The highest BCUT2D eigenvalue weighted by atomic mass is 19.4. The topological polar surface area (TPSA) is 56.3 Å². The number of hydrogen-bond donors (Lipinski definition) is 1. The first-order chi connectivity index (χ1) is 23.4. The van der Waals surface area contributed by atoms with Gasteiger partial charge in [-0.25, -0.2) is 8.78 Å². The average molecular weight is 686 g/mol. The summed E-state index contributed by atoms with van der Waals surface area (Å²) in [5, 5.41) is 9.29. The molecule has 3 aromatic carbocycles. The molecule has 0 bridgehead atoms. The van der Waals surface area contributed by atoms with E-state index in [1.165, 1.54) is 12.1 Å². The SMILES string of the molecule is C[C@@H]1Cc2cc(OCc3ccccc3)ccc2C(c2c(F)cc(N3CCCC4(CCCN(CC(=O)O)C4)CCC3)cc2F)N1CC(F)(F)F. The van der Waals surface area contributed by atoms with E-state index in [1.54, 1.807) is 25.1 Å². The first-order valence-electron chi connectivity index (χ1n) is 17.2. The number of rotatable bonds is 8. The standard InChI is InChI=1S/C38H44F5N3O3/c1-26-18-28-19-30(49-23-27-8-3-2-4-9-27)10-11-31(28)36(46(26)25-38(41,42)43)35-32(39)20-29(21-33(35)40)45-16-6-13-37(14-7-17-45)12-5-15-44(24-37)22-34(47)48/h2-4,8-11,19-21,26,36H,5-7,12-18,22-25H2,1H3,(H,47,48)/t26-,36?/m1/s1. The predicted octanol–water partition coefficient (Wildman–Crippen LogP) is 7.99. The van der Waals surface area contributed by atoms with Crippen molar-refractivity contribution in [2.75, 3.05) is 44.2 Å². The Bertz CT molecular complexity index is 1580. The smallest absolute Gasteiger partial charge is 0.401 e. The highest BCUT2D eigenvalue weighted by Crippen LogP contribution is 2.44. The molecule has 0 saturated carbocycles. The summed E-state index contributed by atoms with van der Waals surface area (Å²) in [6.07, 6.45) is 1.05. The van der Waals surface area contributed by atoms with Crippen molar-refractivity contribution in [3.8, 4) is 5.75 Å². The van der Waals surface area contributed by atoms with E-state index in [4.69, 9.17) is 4.74 Å². The second-order valence-corrected chi connectivity index (χ2v) is 14.1. The lowest BCUT2D eigenvalue weighted by atomic mass is 9.72. The maximum atomic E-state index is 16.2. The largest absolute Gasteiger partial charge is 0.489 e. The number of ether oxygens (including phenoxy) is 1. The number of anilines is 1. The molecule has 2 fully saturated rings. The van der Waals surface area contributed by atoms with Gasteiger partial charge in [0.15, 0.2) is 0 Å². The number of carboxylic acids is 1. The molecule has 1 unspecified atom stereocenters. The molecule has 3 aliphatic rings. The van der Waals surface area contributed by atoms with Crippen molar-refractivity contribution in [1.29, 1.82) is 0 Å². The van der Waals surface area contributed by atoms with Crippen molar-refractivity contribution in [2.45, 2.75) is 76.7 Å². The summed E-state index contributed by atoms with van der Waals surface area (Å²) in [6, 6.07) is 15.3. The third-order valence-corrected chi connectivity index (χ3v) is 10.5. The Labute approximate surface area is 284 Å². The zero-order valence-electron chi connectivity index (χ0n) is 27.8. The van der Waals surface area contributed by atoms with Gasteiger partial charge in [0.05, 0.1) is 19.1 Å². The zero-order valence-corrected chi connectivity index (χ0v) is 27.8. The van der Waals surface area contributed by atoms with Crippen LogP contribution in [-0.4, -0.2) is 72.4 Å². The summed E-state index contributed by atoms with van der Waals surface area (Å²) in [5.74, 6) is -2.03. The number of carboxylic acid groups (broad SMARTS) is 1. The maximum Gasteiger partial charge on any atom is 0.401 e. The van der Waals surface area contributed by atoms with Gasteiger partial charge < -0.3 is 14.7 Å². The van der Waals surface area contributed by atoms with Crippen LogP contribution in [0.5, 0.6) is 5.75 Å². The van der Waals surface area contributed by atoms with E-state index >= 15 is 8.78 Å². The molecule has 6 rings (SSSR count). The second-order valence-electron chi connectivity index (χ2n) is 14.1. The molecule has 11 heteroatoms. The van der Waals surface area contributed by atoms with E-state index in [0.717, 1.165) is 62.1 Å². The Morgan fingerprint density at radius 3 is 2.22 bits per heavy atom. The fraction of sp³-hybridized carbons (Fsp3) is 0.500. The Morgan fingerprint density at radius 2 is 1.59 bits per heavy atom. The number of piperidine rings is 1. The predicted molar refractivity (Wildman–Crippen MR) is 178 cm³/mol. The van der Waals surface area contributed by atoms with E-state index in [1.807, 2.05) is 40.1 Å². The van der Waals surface area contributed by atoms with Crippen LogP contribution in [0.2, 0.25) is 0 Å². The molecule has 0 amide bonds. The molecule has 3 aliphatic heterocycles. The monoisotopic (exact) mass is 685 g/mol. The van der Waals surface area contributed by atoms with Crippen molar-refractivity contribution in [3.05, 3.63) is 94.6 Å². The summed E-state index contributed by atoms with van der Waals surface area (Å²) >= 11 is 0. The molecule has 2 atom stereocenters. The minimum atomic E-state index is -4.57. The fourth-order valence-electron chi connectivity index (χ4n) is 8.34. The highest BCUT2D eigenvalue weighted by Gasteiger charge is 2.43. The first kappa shape index (κ1) is 35.1. The van der Waals surface area contributed by atoms with Crippen molar-refractivity contribution in [1.82, 2.24) is 9.80 Å². The van der Waals surface area contributed by atoms with Crippen LogP contribution < -0.4 is 9.64 Å². The molecule has 49 heavy (non-hydrogen) atoms. The Morgan fingerprint density at radius 1 is 0.939 bits per heavy atom. The number of likely N-dealkylation sites (tertiary alicyclic amines) is 1. The zero-order chi connectivity index (χ0) is 34.8. The van der Waals surface area contributed by atoms with Crippen molar-refractivity contribution >= 4 is 11.7 Å². The Kier molecular flexibility index (Phi) is 10.5. The number of benzene rings is 3. The van der Waals surface area contributed by atoms with Crippen LogP contribution in [0, 0.1) is 17.0 Å². The lowest BCUT2D eigenvalue weighted by Crippen LogP contribution is -2.47. The molecule has 0 radical (unpaired) electrons. The lowest BCUT2D eigenvalue weighted by molar-refractivity contribution is -0.155. The summed E-state index contributed by atoms with van der Waals surface area (Å²) in [5.41, 5.74) is 2.13. The molecular formula is C38H44F5N3O3. The number of hydrogen-bond acceptors (Lipinski definition) is 5. The van der Waals surface area contributed by atoms with E-state index < -0.39 is 42.4 Å². The van der Waals surface area contributed by atoms with E-state index in [9.17, 15) is 23.1 Å². The van der Waals surface area contributed by atoms with Gasteiger partial charge in [0.1, 0.15) is 24.0 Å². The quantitative estimate of drug-likeness (QED) is 0.243. The number of fused-ring (bicyclic) bond motifs is 1. The van der Waals surface area contributed by atoms with Crippen LogP contribution in [0.25, 0.3) is 0 Å². The van der Waals surface area contributed by atoms with Crippen molar-refractivity contribution in [2.24, 2.45) is 5.41 Å². The van der Waals surface area contributed by atoms with E-state index in [0.29, 0.717) is 42.3 Å². The van der Waals surface area contributed by atoms with Gasteiger partial charge in [-0.3, -0.25) is 14.6 Å². The van der Waals surface area contributed by atoms with Crippen LogP contribution in [0.4, 0.5) is 27.6 Å². The number of nitrogens with zero attached hydrogens (tertiary/aromatic N) is 3. The van der Waals surface area contributed by atoms with Crippen LogP contribution in [-0.2, 0) is 17.8 Å². The summed E-state index contributed by atoms with van der Waals surface area (Å²) in [6.45, 7) is 3.37. The molecule has 264 valence electrons. The van der Waals surface area contributed by atoms with Crippen LogP contribution in [0.1, 0.15) is 73.7 Å². The summed E-state index contributed by atoms with van der Waals surface area (Å²) in [4.78, 5) is 16.4. The van der Waals surface area contributed by atoms with Crippen molar-refractivity contribution < 1.29 is 36.6 Å². The number of carbonyl (C=O) groups is 1. The molecule has 1 N–H and O–H groups in total. The second kappa shape index (κ2) is 14.6. The molecular weight excluding hydrogens is 641 g/mol. The van der Waals surface area contributed by atoms with E-state index in [-0.39, 0.29) is 23.9 Å². The number of halogens is 5. The molecule has 2 saturated heterocycles. The minimum Gasteiger partial charge on any atom is -0.489 e. The minimum absolute atomic E-state index is 0.0343. The first-order valence-corrected chi connectivity index (χ1v) is 17.2. The summed E-state index contributed by atoms with van der Waals surface area (Å²) in [7, 11) is 0. The maximum absolute atomic E-state index is 16.2.